The van der Waals surface area contributed by atoms with E-state index >= 15 is 0 Å². The number of piperidine rings is 1. The summed E-state index contributed by atoms with van der Waals surface area (Å²) < 4.78 is 10.1. The van der Waals surface area contributed by atoms with Gasteiger partial charge in [-0.1, -0.05) is 0 Å². The van der Waals surface area contributed by atoms with Gasteiger partial charge in [-0.2, -0.15) is 0 Å². The summed E-state index contributed by atoms with van der Waals surface area (Å²) in [7, 11) is 0. The molecule has 0 bridgehead atoms. The van der Waals surface area contributed by atoms with E-state index in [4.69, 9.17) is 9.47 Å². The van der Waals surface area contributed by atoms with E-state index in [1.54, 1.807) is 13.8 Å². The molecule has 0 amide bonds. The van der Waals surface area contributed by atoms with Crippen LogP contribution >= 0.6 is 0 Å². The van der Waals surface area contributed by atoms with Crippen LogP contribution in [0, 0.1) is 5.41 Å². The van der Waals surface area contributed by atoms with E-state index in [0.29, 0.717) is 26.2 Å². The minimum Gasteiger partial charge on any atom is -0.466 e. The van der Waals surface area contributed by atoms with Gasteiger partial charge < -0.3 is 14.8 Å². The lowest BCUT2D eigenvalue weighted by molar-refractivity contribution is -0.158. The summed E-state index contributed by atoms with van der Waals surface area (Å²) in [6.45, 7) is 5.84. The fourth-order valence-electron chi connectivity index (χ4n) is 2.32. The van der Waals surface area contributed by atoms with Crippen LogP contribution in [-0.4, -0.2) is 38.2 Å². The van der Waals surface area contributed by atoms with Crippen molar-refractivity contribution in [2.24, 2.45) is 5.41 Å². The van der Waals surface area contributed by atoms with Crippen molar-refractivity contribution < 1.29 is 19.1 Å². The molecule has 0 saturated carbocycles. The normalized spacial score (nSPS) is 23.4. The standard InChI is InChI=1S/C13H23NO4/c1-3-17-11(15)6-8-13(12(16)18-4-2)7-5-9-14-10-13/h14H,3-10H2,1-2H3. The molecule has 0 aliphatic carbocycles. The van der Waals surface area contributed by atoms with E-state index < -0.39 is 5.41 Å². The number of carbonyl (C=O) groups is 2. The Labute approximate surface area is 108 Å². The summed E-state index contributed by atoms with van der Waals surface area (Å²) >= 11 is 0. The largest absolute Gasteiger partial charge is 0.466 e. The van der Waals surface area contributed by atoms with Crippen molar-refractivity contribution in [3.8, 4) is 0 Å². The van der Waals surface area contributed by atoms with Crippen LogP contribution in [0.15, 0.2) is 0 Å². The first-order chi connectivity index (χ1) is 8.64. The van der Waals surface area contributed by atoms with Crippen molar-refractivity contribution >= 4 is 11.9 Å². The van der Waals surface area contributed by atoms with Crippen LogP contribution in [0.5, 0.6) is 0 Å². The van der Waals surface area contributed by atoms with Crippen LogP contribution in [0.3, 0.4) is 0 Å². The lowest BCUT2D eigenvalue weighted by Gasteiger charge is -2.35. The maximum Gasteiger partial charge on any atom is 0.313 e. The van der Waals surface area contributed by atoms with Gasteiger partial charge in [-0.25, -0.2) is 0 Å². The second kappa shape index (κ2) is 7.36. The highest BCUT2D eigenvalue weighted by Gasteiger charge is 2.41. The molecule has 1 unspecified atom stereocenters. The predicted octanol–water partition coefficient (Wildman–Crippen LogP) is 1.26. The molecule has 1 rings (SSSR count). The maximum atomic E-state index is 12.1. The quantitative estimate of drug-likeness (QED) is 0.726. The minimum atomic E-state index is -0.555. The Bertz CT molecular complexity index is 285. The summed E-state index contributed by atoms with van der Waals surface area (Å²) in [6.07, 6.45) is 2.48. The van der Waals surface area contributed by atoms with Crippen molar-refractivity contribution in [2.45, 2.75) is 39.5 Å². The van der Waals surface area contributed by atoms with Gasteiger partial charge in [0.05, 0.1) is 18.6 Å². The number of hydrogen-bond donors (Lipinski definition) is 1. The zero-order valence-electron chi connectivity index (χ0n) is 11.3. The molecule has 1 saturated heterocycles. The number of nitrogens with one attached hydrogen (secondary N) is 1. The minimum absolute atomic E-state index is 0.193. The van der Waals surface area contributed by atoms with Gasteiger partial charge in [-0.15, -0.1) is 0 Å². The smallest absolute Gasteiger partial charge is 0.313 e. The molecule has 1 N–H and O–H groups in total. The van der Waals surface area contributed by atoms with Gasteiger partial charge in [0, 0.05) is 13.0 Å². The highest BCUT2D eigenvalue weighted by Crippen LogP contribution is 2.33. The monoisotopic (exact) mass is 257 g/mol. The van der Waals surface area contributed by atoms with Gasteiger partial charge >= 0.3 is 11.9 Å². The predicted molar refractivity (Wildman–Crippen MR) is 67.0 cm³/mol. The van der Waals surface area contributed by atoms with Crippen LogP contribution in [0.1, 0.15) is 39.5 Å². The van der Waals surface area contributed by atoms with Gasteiger partial charge in [-0.3, -0.25) is 9.59 Å². The number of ether oxygens (including phenoxy) is 2. The average Bonchev–Trinajstić information content (AvgIpc) is 2.38. The first-order valence-electron chi connectivity index (χ1n) is 6.68. The van der Waals surface area contributed by atoms with Crippen molar-refractivity contribution in [1.82, 2.24) is 5.32 Å². The molecule has 0 aromatic heterocycles. The van der Waals surface area contributed by atoms with E-state index in [2.05, 4.69) is 5.32 Å². The molecule has 5 heteroatoms. The molecule has 18 heavy (non-hydrogen) atoms. The van der Waals surface area contributed by atoms with E-state index in [9.17, 15) is 9.59 Å². The van der Waals surface area contributed by atoms with E-state index in [1.165, 1.54) is 0 Å². The third-order valence-corrected chi connectivity index (χ3v) is 3.29. The Kier molecular flexibility index (Phi) is 6.12. The Hall–Kier alpha value is -1.10. The summed E-state index contributed by atoms with van der Waals surface area (Å²) in [4.78, 5) is 23.5. The first-order valence-corrected chi connectivity index (χ1v) is 6.68. The number of carbonyl (C=O) groups excluding carboxylic acids is 2. The first kappa shape index (κ1) is 15.0. The van der Waals surface area contributed by atoms with E-state index in [1.807, 2.05) is 0 Å². The fourth-order valence-corrected chi connectivity index (χ4v) is 2.32. The Balaban J connectivity index is 2.60. The molecule has 1 aliphatic heterocycles. The molecule has 1 fully saturated rings. The summed E-state index contributed by atoms with van der Waals surface area (Å²) in [5.41, 5.74) is -0.555. The molecule has 104 valence electrons. The summed E-state index contributed by atoms with van der Waals surface area (Å²) in [5.74, 6) is -0.437. The molecular weight excluding hydrogens is 234 g/mol. The second-order valence-electron chi connectivity index (χ2n) is 4.59. The van der Waals surface area contributed by atoms with Crippen molar-refractivity contribution in [1.29, 1.82) is 0 Å². The zero-order valence-corrected chi connectivity index (χ0v) is 11.3. The highest BCUT2D eigenvalue weighted by molar-refractivity contribution is 5.78. The SMILES string of the molecule is CCOC(=O)CCC1(C(=O)OCC)CCCNC1. The van der Waals surface area contributed by atoms with Crippen LogP contribution in [-0.2, 0) is 19.1 Å². The molecule has 0 radical (unpaired) electrons. The Morgan fingerprint density at radius 1 is 1.22 bits per heavy atom. The second-order valence-corrected chi connectivity index (χ2v) is 4.59. The molecule has 5 nitrogen and oxygen atoms in total. The van der Waals surface area contributed by atoms with Gasteiger partial charge in [0.2, 0.25) is 0 Å². The van der Waals surface area contributed by atoms with Gasteiger partial charge in [0.1, 0.15) is 0 Å². The fraction of sp³-hybridized carbons (Fsp3) is 0.846. The lowest BCUT2D eigenvalue weighted by atomic mass is 9.77. The summed E-state index contributed by atoms with van der Waals surface area (Å²) in [6, 6.07) is 0. The van der Waals surface area contributed by atoms with Crippen molar-refractivity contribution in [3.05, 3.63) is 0 Å². The third kappa shape index (κ3) is 3.98. The van der Waals surface area contributed by atoms with Crippen LogP contribution in [0.25, 0.3) is 0 Å². The van der Waals surface area contributed by atoms with Gasteiger partial charge in [-0.05, 0) is 39.7 Å². The molecular formula is C13H23NO4. The molecule has 1 heterocycles. The molecule has 1 aliphatic rings. The lowest BCUT2D eigenvalue weighted by Crippen LogP contribution is -2.46. The van der Waals surface area contributed by atoms with Crippen molar-refractivity contribution in [2.75, 3.05) is 26.3 Å². The number of hydrogen-bond acceptors (Lipinski definition) is 5. The Morgan fingerprint density at radius 2 is 1.94 bits per heavy atom. The van der Waals surface area contributed by atoms with Gasteiger partial charge in [0.15, 0.2) is 0 Å². The van der Waals surface area contributed by atoms with E-state index in [-0.39, 0.29) is 18.4 Å². The number of rotatable bonds is 6. The molecule has 1 atom stereocenters. The van der Waals surface area contributed by atoms with Crippen molar-refractivity contribution in [3.63, 3.8) is 0 Å². The van der Waals surface area contributed by atoms with Crippen LogP contribution < -0.4 is 5.32 Å². The average molecular weight is 257 g/mol. The topological polar surface area (TPSA) is 64.6 Å². The zero-order chi connectivity index (χ0) is 13.4. The van der Waals surface area contributed by atoms with Crippen LogP contribution in [0.4, 0.5) is 0 Å². The molecule has 0 spiro atoms. The molecule has 0 aromatic carbocycles. The Morgan fingerprint density at radius 3 is 2.50 bits per heavy atom. The highest BCUT2D eigenvalue weighted by atomic mass is 16.5. The number of esters is 2. The maximum absolute atomic E-state index is 12.1. The third-order valence-electron chi connectivity index (χ3n) is 3.29. The van der Waals surface area contributed by atoms with E-state index in [0.717, 1.165) is 19.4 Å². The van der Waals surface area contributed by atoms with Crippen LogP contribution in [0.2, 0.25) is 0 Å². The summed E-state index contributed by atoms with van der Waals surface area (Å²) in [5, 5.41) is 3.22. The molecule has 0 aromatic rings. The van der Waals surface area contributed by atoms with Gasteiger partial charge in [0.25, 0.3) is 0 Å².